The van der Waals surface area contributed by atoms with Crippen LogP contribution < -0.4 is 11.1 Å². The van der Waals surface area contributed by atoms with E-state index in [4.69, 9.17) is 5.73 Å². The van der Waals surface area contributed by atoms with Crippen LogP contribution in [-0.4, -0.2) is 45.9 Å². The van der Waals surface area contributed by atoms with Crippen LogP contribution in [0.5, 0.6) is 0 Å². The zero-order chi connectivity index (χ0) is 26.5. The van der Waals surface area contributed by atoms with Gasteiger partial charge in [-0.3, -0.25) is 9.78 Å². The van der Waals surface area contributed by atoms with Crippen molar-refractivity contribution in [2.75, 3.05) is 18.8 Å². The van der Waals surface area contributed by atoms with Crippen LogP contribution in [0.25, 0.3) is 11.3 Å². The summed E-state index contributed by atoms with van der Waals surface area (Å²) in [5.74, 6) is 0.786. The van der Waals surface area contributed by atoms with Crippen molar-refractivity contribution in [1.29, 1.82) is 0 Å². The molecule has 0 saturated heterocycles. The molecule has 1 aromatic carbocycles. The summed E-state index contributed by atoms with van der Waals surface area (Å²) >= 11 is 1.68. The first-order chi connectivity index (χ1) is 18.5. The van der Waals surface area contributed by atoms with Gasteiger partial charge in [0.05, 0.1) is 11.4 Å². The van der Waals surface area contributed by atoms with Gasteiger partial charge in [0.15, 0.2) is 5.13 Å². The lowest BCUT2D eigenvalue weighted by molar-refractivity contribution is 0.0918. The van der Waals surface area contributed by atoms with Crippen LogP contribution in [-0.2, 0) is 12.8 Å². The Morgan fingerprint density at radius 1 is 1.08 bits per heavy atom. The van der Waals surface area contributed by atoms with E-state index in [9.17, 15) is 4.79 Å². The third-order valence-electron chi connectivity index (χ3n) is 8.32. The summed E-state index contributed by atoms with van der Waals surface area (Å²) in [4.78, 5) is 26.0. The van der Waals surface area contributed by atoms with Gasteiger partial charge in [-0.2, -0.15) is 0 Å². The number of anilines is 1. The average molecular weight is 532 g/mol. The molecule has 2 aromatic heterocycles. The lowest BCUT2D eigenvalue weighted by atomic mass is 9.83. The van der Waals surface area contributed by atoms with Gasteiger partial charge in [-0.05, 0) is 107 Å². The Balaban J connectivity index is 1.07. The molecule has 38 heavy (non-hydrogen) atoms. The Morgan fingerprint density at radius 3 is 2.58 bits per heavy atom. The van der Waals surface area contributed by atoms with E-state index < -0.39 is 0 Å². The van der Waals surface area contributed by atoms with E-state index in [0.717, 1.165) is 59.1 Å². The number of amides is 1. The molecule has 0 aliphatic heterocycles. The molecule has 3 aromatic rings. The van der Waals surface area contributed by atoms with Crippen molar-refractivity contribution < 1.29 is 4.79 Å². The average Bonchev–Trinajstić information content (AvgIpc) is 3.31. The summed E-state index contributed by atoms with van der Waals surface area (Å²) < 4.78 is 0. The van der Waals surface area contributed by atoms with Gasteiger partial charge in [0.25, 0.3) is 5.91 Å². The number of nitrogens with two attached hydrogens (primary N) is 1. The van der Waals surface area contributed by atoms with E-state index in [1.807, 2.05) is 43.5 Å². The second-order valence-corrected chi connectivity index (χ2v) is 12.2. The predicted molar refractivity (Wildman–Crippen MR) is 156 cm³/mol. The van der Waals surface area contributed by atoms with Gasteiger partial charge >= 0.3 is 0 Å². The number of fused-ring (bicyclic) bond motifs is 1. The summed E-state index contributed by atoms with van der Waals surface area (Å²) in [6.45, 7) is 6.66. The Labute approximate surface area is 231 Å². The molecular formula is C31H41N5OS. The number of nitrogens with zero attached hydrogens (tertiary/aromatic N) is 3. The molecule has 1 unspecified atom stereocenters. The van der Waals surface area contributed by atoms with Crippen molar-refractivity contribution in [1.82, 2.24) is 20.2 Å². The second kappa shape index (κ2) is 12.4. The summed E-state index contributed by atoms with van der Waals surface area (Å²) in [5.41, 5.74) is 11.0. The second-order valence-electron chi connectivity index (χ2n) is 11.1. The van der Waals surface area contributed by atoms with Crippen molar-refractivity contribution in [2.45, 2.75) is 83.7 Å². The van der Waals surface area contributed by atoms with E-state index in [2.05, 4.69) is 33.2 Å². The number of hydrogen-bond acceptors (Lipinski definition) is 6. The fourth-order valence-electron chi connectivity index (χ4n) is 6.10. The van der Waals surface area contributed by atoms with Crippen LogP contribution in [0, 0.1) is 12.8 Å². The monoisotopic (exact) mass is 531 g/mol. The molecule has 5 rings (SSSR count). The number of carbonyl (C=O) groups is 1. The number of aryl methyl sites for hydroxylation is 2. The summed E-state index contributed by atoms with van der Waals surface area (Å²) in [6, 6.07) is 12.8. The van der Waals surface area contributed by atoms with Crippen molar-refractivity contribution in [2.24, 2.45) is 5.92 Å². The number of benzene rings is 1. The molecule has 2 aliphatic carbocycles. The number of carbonyl (C=O) groups excluding carboxylic acids is 1. The van der Waals surface area contributed by atoms with Crippen LogP contribution in [0.1, 0.15) is 78.4 Å². The van der Waals surface area contributed by atoms with E-state index in [1.165, 1.54) is 55.8 Å². The highest BCUT2D eigenvalue weighted by molar-refractivity contribution is 7.15. The first-order valence-corrected chi connectivity index (χ1v) is 15.1. The number of nitrogen functional groups attached to an aromatic ring is 1. The Hall–Kier alpha value is -2.77. The first kappa shape index (κ1) is 26.8. The van der Waals surface area contributed by atoms with Crippen molar-refractivity contribution >= 4 is 22.4 Å². The van der Waals surface area contributed by atoms with E-state index in [-0.39, 0.29) is 11.9 Å². The van der Waals surface area contributed by atoms with Crippen LogP contribution in [0.15, 0.2) is 42.6 Å². The third kappa shape index (κ3) is 6.62. The minimum atomic E-state index is 0.0337. The Morgan fingerprint density at radius 2 is 1.87 bits per heavy atom. The van der Waals surface area contributed by atoms with Crippen LogP contribution in [0.4, 0.5) is 5.13 Å². The molecule has 0 spiro atoms. The van der Waals surface area contributed by atoms with Gasteiger partial charge in [-0.1, -0.05) is 25.1 Å². The van der Waals surface area contributed by atoms with Gasteiger partial charge in [0.2, 0.25) is 0 Å². The maximum absolute atomic E-state index is 12.9. The Bertz CT molecular complexity index is 1200. The minimum Gasteiger partial charge on any atom is -0.375 e. The molecule has 0 bridgehead atoms. The zero-order valence-corrected chi connectivity index (χ0v) is 23.6. The van der Waals surface area contributed by atoms with Gasteiger partial charge < -0.3 is 16.0 Å². The van der Waals surface area contributed by atoms with Gasteiger partial charge in [-0.25, -0.2) is 4.98 Å². The Kier molecular flexibility index (Phi) is 8.75. The molecule has 1 fully saturated rings. The number of hydrogen-bond donors (Lipinski definition) is 2. The fourth-order valence-corrected chi connectivity index (χ4v) is 7.05. The van der Waals surface area contributed by atoms with Gasteiger partial charge in [0, 0.05) is 34.3 Å². The van der Waals surface area contributed by atoms with Crippen LogP contribution in [0.2, 0.25) is 0 Å². The number of aromatic nitrogens is 2. The molecule has 6 nitrogen and oxygen atoms in total. The van der Waals surface area contributed by atoms with E-state index in [1.54, 1.807) is 11.3 Å². The summed E-state index contributed by atoms with van der Waals surface area (Å²) in [5, 5.41) is 4.01. The van der Waals surface area contributed by atoms with Gasteiger partial charge in [-0.15, -0.1) is 11.3 Å². The quantitative estimate of drug-likeness (QED) is 0.351. The molecule has 1 amide bonds. The molecular weight excluding hydrogens is 490 g/mol. The maximum atomic E-state index is 12.9. The highest BCUT2D eigenvalue weighted by Gasteiger charge is 2.28. The first-order valence-electron chi connectivity index (χ1n) is 14.3. The number of pyridine rings is 1. The zero-order valence-electron chi connectivity index (χ0n) is 22.8. The SMILES string of the molecule is CCCN(CCC1CCC(NC(=O)c2ccc(-c3ccc(C)cn3)cc2)CC1)C1CCc2nc(N)sc2C1. The fraction of sp³-hybridized carbons (Fsp3) is 0.516. The third-order valence-corrected chi connectivity index (χ3v) is 9.27. The van der Waals surface area contributed by atoms with Crippen LogP contribution in [0.3, 0.4) is 0 Å². The molecule has 7 heteroatoms. The standard InChI is InChI=1S/C31H41N5OS/c1-3-17-36(26-13-15-28-29(19-26)38-31(32)35-28)18-16-22-5-11-25(12-6-22)34-30(37)24-9-7-23(8-10-24)27-14-4-21(2)20-33-27/h4,7-10,14,20,22,25-26H,3,5-6,11-13,15-19H2,1-2H3,(H2,32,35)(H,34,37). The summed E-state index contributed by atoms with van der Waals surface area (Å²) in [7, 11) is 0. The lowest BCUT2D eigenvalue weighted by Gasteiger charge is -2.36. The van der Waals surface area contributed by atoms with Crippen molar-refractivity contribution in [3.05, 3.63) is 64.3 Å². The molecule has 1 saturated carbocycles. The van der Waals surface area contributed by atoms with Crippen LogP contribution >= 0.6 is 11.3 Å². The number of thiazole rings is 1. The van der Waals surface area contributed by atoms with E-state index in [0.29, 0.717) is 6.04 Å². The normalized spacial score (nSPS) is 21.3. The molecule has 2 heterocycles. The number of nitrogens with one attached hydrogen (secondary N) is 1. The lowest BCUT2D eigenvalue weighted by Crippen LogP contribution is -2.41. The highest BCUT2D eigenvalue weighted by atomic mass is 32.1. The van der Waals surface area contributed by atoms with Crippen molar-refractivity contribution in [3.63, 3.8) is 0 Å². The maximum Gasteiger partial charge on any atom is 0.251 e. The van der Waals surface area contributed by atoms with Gasteiger partial charge in [0.1, 0.15) is 0 Å². The smallest absolute Gasteiger partial charge is 0.251 e. The van der Waals surface area contributed by atoms with Crippen molar-refractivity contribution in [3.8, 4) is 11.3 Å². The predicted octanol–water partition coefficient (Wildman–Crippen LogP) is 6.04. The molecule has 0 radical (unpaired) electrons. The summed E-state index contributed by atoms with van der Waals surface area (Å²) in [6.07, 6.45) is 12.2. The van der Waals surface area contributed by atoms with E-state index >= 15 is 0 Å². The minimum absolute atomic E-state index is 0.0337. The molecule has 1 atom stereocenters. The highest BCUT2D eigenvalue weighted by Crippen LogP contribution is 2.32. The number of rotatable bonds is 9. The largest absolute Gasteiger partial charge is 0.375 e. The topological polar surface area (TPSA) is 84.1 Å². The molecule has 2 aliphatic rings. The molecule has 202 valence electrons. The molecule has 3 N–H and O–H groups in total.